The van der Waals surface area contributed by atoms with Gasteiger partial charge in [0.25, 0.3) is 0 Å². The highest BCUT2D eigenvalue weighted by molar-refractivity contribution is 9.10. The van der Waals surface area contributed by atoms with Gasteiger partial charge in [-0.15, -0.1) is 0 Å². The van der Waals surface area contributed by atoms with Gasteiger partial charge in [-0.05, 0) is 34.8 Å². The number of halogens is 1. The number of fused-ring (bicyclic) bond motifs is 1. The molecule has 1 aromatic carbocycles. The average molecular weight is 285 g/mol. The fourth-order valence-electron chi connectivity index (χ4n) is 1.95. The van der Waals surface area contributed by atoms with E-state index >= 15 is 0 Å². The van der Waals surface area contributed by atoms with Crippen molar-refractivity contribution in [2.75, 3.05) is 13.2 Å². The van der Waals surface area contributed by atoms with Crippen LogP contribution in [0, 0.1) is 0 Å². The second-order valence-electron chi connectivity index (χ2n) is 4.34. The number of hydrogen-bond acceptors (Lipinski definition) is 3. The molecule has 4 heteroatoms. The predicted molar refractivity (Wildman–Crippen MR) is 62.9 cm³/mol. The van der Waals surface area contributed by atoms with E-state index in [-0.39, 0.29) is 0 Å². The van der Waals surface area contributed by atoms with Crippen molar-refractivity contribution < 1.29 is 14.6 Å². The Hall–Kier alpha value is -0.740. The maximum Gasteiger partial charge on any atom is 0.175 e. The smallest absolute Gasteiger partial charge is 0.175 e. The Morgan fingerprint density at radius 1 is 1.19 bits per heavy atom. The highest BCUT2D eigenvalue weighted by Gasteiger charge is 2.44. The number of hydrogen-bond donors (Lipinski definition) is 1. The van der Waals surface area contributed by atoms with Gasteiger partial charge in [0.2, 0.25) is 0 Å². The molecule has 2 aliphatic rings. The molecule has 0 amide bonds. The van der Waals surface area contributed by atoms with Gasteiger partial charge in [-0.3, -0.25) is 0 Å². The Labute approximate surface area is 102 Å². The van der Waals surface area contributed by atoms with E-state index in [1.165, 1.54) is 0 Å². The zero-order chi connectivity index (χ0) is 11.2. The van der Waals surface area contributed by atoms with E-state index in [1.54, 1.807) is 0 Å². The first kappa shape index (κ1) is 10.4. The van der Waals surface area contributed by atoms with E-state index in [2.05, 4.69) is 15.9 Å². The summed E-state index contributed by atoms with van der Waals surface area (Å²) < 4.78 is 12.1. The zero-order valence-corrected chi connectivity index (χ0v) is 10.4. The van der Waals surface area contributed by atoms with Gasteiger partial charge in [0.15, 0.2) is 11.5 Å². The first-order chi connectivity index (χ1) is 7.71. The van der Waals surface area contributed by atoms with Crippen LogP contribution in [0.25, 0.3) is 0 Å². The van der Waals surface area contributed by atoms with Crippen LogP contribution in [-0.2, 0) is 5.60 Å². The molecular weight excluding hydrogens is 272 g/mol. The minimum atomic E-state index is -0.649. The largest absolute Gasteiger partial charge is 0.490 e. The van der Waals surface area contributed by atoms with Crippen molar-refractivity contribution in [1.29, 1.82) is 0 Å². The Morgan fingerprint density at radius 3 is 2.69 bits per heavy atom. The molecule has 86 valence electrons. The van der Waals surface area contributed by atoms with Crippen LogP contribution in [0.1, 0.15) is 24.8 Å². The van der Waals surface area contributed by atoms with Crippen molar-refractivity contribution in [1.82, 2.24) is 0 Å². The van der Waals surface area contributed by atoms with E-state index in [1.807, 2.05) is 12.1 Å². The third kappa shape index (κ3) is 1.60. The van der Waals surface area contributed by atoms with Crippen LogP contribution < -0.4 is 9.47 Å². The fourth-order valence-corrected chi connectivity index (χ4v) is 2.76. The van der Waals surface area contributed by atoms with Crippen LogP contribution >= 0.6 is 15.9 Å². The SMILES string of the molecule is OC1(c2ccc3c(c2Br)OCCCO3)CC1. The first-order valence-corrected chi connectivity index (χ1v) is 6.31. The van der Waals surface area contributed by atoms with Crippen LogP contribution in [-0.4, -0.2) is 18.3 Å². The summed E-state index contributed by atoms with van der Waals surface area (Å²) >= 11 is 3.51. The lowest BCUT2D eigenvalue weighted by Gasteiger charge is -2.15. The van der Waals surface area contributed by atoms with Gasteiger partial charge < -0.3 is 14.6 Å². The van der Waals surface area contributed by atoms with Crippen molar-refractivity contribution in [3.8, 4) is 11.5 Å². The molecule has 1 heterocycles. The molecule has 0 atom stereocenters. The molecule has 1 aromatic rings. The maximum atomic E-state index is 10.1. The van der Waals surface area contributed by atoms with Crippen LogP contribution in [0.15, 0.2) is 16.6 Å². The molecule has 0 saturated heterocycles. The molecule has 0 spiro atoms. The zero-order valence-electron chi connectivity index (χ0n) is 8.83. The summed E-state index contributed by atoms with van der Waals surface area (Å²) in [7, 11) is 0. The fraction of sp³-hybridized carbons (Fsp3) is 0.500. The van der Waals surface area contributed by atoms with Crippen molar-refractivity contribution >= 4 is 15.9 Å². The third-order valence-corrected chi connectivity index (χ3v) is 3.87. The highest BCUT2D eigenvalue weighted by Crippen LogP contribution is 2.51. The van der Waals surface area contributed by atoms with E-state index in [0.29, 0.717) is 13.2 Å². The maximum absolute atomic E-state index is 10.1. The van der Waals surface area contributed by atoms with Crippen molar-refractivity contribution in [3.63, 3.8) is 0 Å². The van der Waals surface area contributed by atoms with Crippen LogP contribution in [0.2, 0.25) is 0 Å². The number of aliphatic hydroxyl groups is 1. The number of rotatable bonds is 1. The average Bonchev–Trinajstić information content (AvgIpc) is 3.02. The Balaban J connectivity index is 2.07. The van der Waals surface area contributed by atoms with Gasteiger partial charge in [0, 0.05) is 12.0 Å². The Morgan fingerprint density at radius 2 is 1.94 bits per heavy atom. The van der Waals surface area contributed by atoms with E-state index < -0.39 is 5.60 Å². The highest BCUT2D eigenvalue weighted by atomic mass is 79.9. The number of benzene rings is 1. The molecule has 16 heavy (non-hydrogen) atoms. The predicted octanol–water partition coefficient (Wildman–Crippen LogP) is 2.59. The molecule has 1 aliphatic heterocycles. The van der Waals surface area contributed by atoms with E-state index in [9.17, 15) is 5.11 Å². The second kappa shape index (κ2) is 3.64. The Bertz CT molecular complexity index is 427. The molecule has 1 aliphatic carbocycles. The van der Waals surface area contributed by atoms with Gasteiger partial charge in [-0.2, -0.15) is 0 Å². The molecule has 1 saturated carbocycles. The van der Waals surface area contributed by atoms with Crippen LogP contribution in [0.5, 0.6) is 11.5 Å². The third-order valence-electron chi connectivity index (χ3n) is 3.08. The molecule has 0 radical (unpaired) electrons. The molecule has 0 aromatic heterocycles. The van der Waals surface area contributed by atoms with Crippen LogP contribution in [0.4, 0.5) is 0 Å². The topological polar surface area (TPSA) is 38.7 Å². The monoisotopic (exact) mass is 284 g/mol. The lowest BCUT2D eigenvalue weighted by atomic mass is 10.1. The first-order valence-electron chi connectivity index (χ1n) is 5.52. The molecule has 1 fully saturated rings. The molecule has 0 unspecified atom stereocenters. The lowest BCUT2D eigenvalue weighted by molar-refractivity contribution is 0.150. The minimum Gasteiger partial charge on any atom is -0.490 e. The summed E-state index contributed by atoms with van der Waals surface area (Å²) in [6.07, 6.45) is 2.54. The standard InChI is InChI=1S/C12H13BrO3/c13-10-8(12(14)4-5-12)2-3-9-11(10)16-7-1-6-15-9/h2-3,14H,1,4-7H2. The summed E-state index contributed by atoms with van der Waals surface area (Å²) in [5, 5.41) is 10.1. The van der Waals surface area contributed by atoms with Crippen molar-refractivity contribution in [2.24, 2.45) is 0 Å². The van der Waals surface area contributed by atoms with Gasteiger partial charge in [-0.1, -0.05) is 6.07 Å². The van der Waals surface area contributed by atoms with Gasteiger partial charge >= 0.3 is 0 Å². The van der Waals surface area contributed by atoms with E-state index in [4.69, 9.17) is 9.47 Å². The summed E-state index contributed by atoms with van der Waals surface area (Å²) in [5.41, 5.74) is 0.264. The summed E-state index contributed by atoms with van der Waals surface area (Å²) in [6, 6.07) is 3.81. The lowest BCUT2D eigenvalue weighted by Crippen LogP contribution is -2.06. The Kier molecular flexibility index (Phi) is 2.37. The van der Waals surface area contributed by atoms with Gasteiger partial charge in [0.05, 0.1) is 23.3 Å². The second-order valence-corrected chi connectivity index (χ2v) is 5.13. The molecular formula is C12H13BrO3. The summed E-state index contributed by atoms with van der Waals surface area (Å²) in [6.45, 7) is 1.34. The van der Waals surface area contributed by atoms with Gasteiger partial charge in [0.1, 0.15) is 0 Å². The molecule has 3 nitrogen and oxygen atoms in total. The van der Waals surface area contributed by atoms with Gasteiger partial charge in [-0.25, -0.2) is 0 Å². The molecule has 3 rings (SSSR count). The number of ether oxygens (including phenoxy) is 2. The minimum absolute atomic E-state index is 0.649. The van der Waals surface area contributed by atoms with Crippen molar-refractivity contribution in [2.45, 2.75) is 24.9 Å². The quantitative estimate of drug-likeness (QED) is 0.862. The van der Waals surface area contributed by atoms with E-state index in [0.717, 1.165) is 40.8 Å². The summed E-state index contributed by atoms with van der Waals surface area (Å²) in [5.74, 6) is 1.49. The van der Waals surface area contributed by atoms with Crippen molar-refractivity contribution in [3.05, 3.63) is 22.2 Å². The van der Waals surface area contributed by atoms with Crippen LogP contribution in [0.3, 0.4) is 0 Å². The summed E-state index contributed by atoms with van der Waals surface area (Å²) in [4.78, 5) is 0. The molecule has 1 N–H and O–H groups in total. The normalized spacial score (nSPS) is 21.4. The molecule has 0 bridgehead atoms.